The number of piperidine rings is 1. The van der Waals surface area contributed by atoms with Crippen LogP contribution in [-0.4, -0.2) is 78.5 Å². The summed E-state index contributed by atoms with van der Waals surface area (Å²) in [7, 11) is 2.08. The van der Waals surface area contributed by atoms with E-state index in [1.165, 1.54) is 6.07 Å². The van der Waals surface area contributed by atoms with Gasteiger partial charge >= 0.3 is 6.03 Å². The summed E-state index contributed by atoms with van der Waals surface area (Å²) in [5.74, 6) is -0.862. The Morgan fingerprint density at radius 2 is 1.77 bits per heavy atom. The first-order chi connectivity index (χ1) is 14.2. The van der Waals surface area contributed by atoms with Crippen molar-refractivity contribution in [3.63, 3.8) is 0 Å². The molecule has 2 aliphatic rings. The molecule has 1 aromatic rings. The first-order valence-electron chi connectivity index (χ1n) is 10.7. The van der Waals surface area contributed by atoms with E-state index in [1.54, 1.807) is 24.0 Å². The Labute approximate surface area is 178 Å². The fourth-order valence-electron chi connectivity index (χ4n) is 4.40. The lowest BCUT2D eigenvalue weighted by molar-refractivity contribution is -0.121. The minimum absolute atomic E-state index is 0.0286. The SMILES string of the molecule is Cc1ccc(NC(=O)[C@H]2C[C@@H](CN)CN(C(=O)N3C[C@@H](C)N(C)[C@@H](C)C3)C2)cc1F. The van der Waals surface area contributed by atoms with E-state index in [-0.39, 0.29) is 41.7 Å². The number of hydrogen-bond donors (Lipinski definition) is 2. The molecule has 3 amide bonds. The van der Waals surface area contributed by atoms with Crippen LogP contribution in [0.3, 0.4) is 0 Å². The standard InChI is InChI=1S/C22H34FN5O2/c1-14-5-6-19(8-20(14)23)25-21(29)18-7-17(9-24)12-28(13-18)22(30)27-10-15(2)26(4)16(3)11-27/h5-6,8,15-18H,7,9-13,24H2,1-4H3,(H,25,29)/t15-,16+,17-,18-/m0/s1. The molecule has 166 valence electrons. The first-order valence-corrected chi connectivity index (χ1v) is 10.7. The summed E-state index contributed by atoms with van der Waals surface area (Å²) in [6.07, 6.45) is 0.621. The molecule has 3 rings (SSSR count). The summed E-state index contributed by atoms with van der Waals surface area (Å²) in [6.45, 7) is 8.58. The lowest BCUT2D eigenvalue weighted by Crippen LogP contribution is -2.60. The molecule has 2 saturated heterocycles. The van der Waals surface area contributed by atoms with Gasteiger partial charge in [0, 0.05) is 44.0 Å². The molecule has 0 saturated carbocycles. The van der Waals surface area contributed by atoms with Gasteiger partial charge in [-0.05, 0) is 64.4 Å². The molecule has 0 aromatic heterocycles. The van der Waals surface area contributed by atoms with Gasteiger partial charge in [-0.15, -0.1) is 0 Å². The van der Waals surface area contributed by atoms with Crippen LogP contribution in [0.4, 0.5) is 14.9 Å². The Kier molecular flexibility index (Phi) is 6.98. The highest BCUT2D eigenvalue weighted by molar-refractivity contribution is 5.93. The van der Waals surface area contributed by atoms with E-state index in [1.807, 2.05) is 4.90 Å². The number of piperazine rings is 1. The molecule has 7 nitrogen and oxygen atoms in total. The second-order valence-electron chi connectivity index (χ2n) is 8.94. The summed E-state index contributed by atoms with van der Waals surface area (Å²) in [6, 6.07) is 5.19. The second-order valence-corrected chi connectivity index (χ2v) is 8.94. The number of halogens is 1. The zero-order valence-corrected chi connectivity index (χ0v) is 18.4. The van der Waals surface area contributed by atoms with Crippen molar-refractivity contribution in [2.75, 3.05) is 45.1 Å². The van der Waals surface area contributed by atoms with Crippen molar-refractivity contribution in [3.05, 3.63) is 29.6 Å². The van der Waals surface area contributed by atoms with Gasteiger partial charge in [-0.2, -0.15) is 0 Å². The van der Waals surface area contributed by atoms with Crippen molar-refractivity contribution in [2.24, 2.45) is 17.6 Å². The van der Waals surface area contributed by atoms with E-state index in [0.29, 0.717) is 50.4 Å². The van der Waals surface area contributed by atoms with Crippen molar-refractivity contribution in [1.82, 2.24) is 14.7 Å². The lowest BCUT2D eigenvalue weighted by atomic mass is 9.88. The number of rotatable bonds is 3. The number of likely N-dealkylation sites (tertiary alicyclic amines) is 1. The Morgan fingerprint density at radius 3 is 2.37 bits per heavy atom. The maximum absolute atomic E-state index is 13.8. The van der Waals surface area contributed by atoms with Gasteiger partial charge in [0.25, 0.3) is 0 Å². The first kappa shape index (κ1) is 22.5. The van der Waals surface area contributed by atoms with Crippen LogP contribution in [0, 0.1) is 24.6 Å². The second kappa shape index (κ2) is 9.31. The Balaban J connectivity index is 1.68. The molecular formula is C22H34FN5O2. The molecule has 0 aliphatic carbocycles. The van der Waals surface area contributed by atoms with E-state index in [4.69, 9.17) is 5.73 Å². The fraction of sp³-hybridized carbons (Fsp3) is 0.636. The molecule has 0 spiro atoms. The van der Waals surface area contributed by atoms with E-state index >= 15 is 0 Å². The lowest BCUT2D eigenvalue weighted by Gasteiger charge is -2.45. The number of anilines is 1. The monoisotopic (exact) mass is 419 g/mol. The molecule has 0 radical (unpaired) electrons. The van der Waals surface area contributed by atoms with E-state index < -0.39 is 0 Å². The third-order valence-electron chi connectivity index (χ3n) is 6.58. The number of carbonyl (C=O) groups is 2. The highest BCUT2D eigenvalue weighted by Crippen LogP contribution is 2.25. The van der Waals surface area contributed by atoms with E-state index in [2.05, 4.69) is 31.1 Å². The topological polar surface area (TPSA) is 81.9 Å². The van der Waals surface area contributed by atoms with Crippen LogP contribution >= 0.6 is 0 Å². The van der Waals surface area contributed by atoms with Crippen LogP contribution in [0.15, 0.2) is 18.2 Å². The van der Waals surface area contributed by atoms with Crippen molar-refractivity contribution in [3.8, 4) is 0 Å². The maximum Gasteiger partial charge on any atom is 0.320 e. The third kappa shape index (κ3) is 4.92. The molecule has 0 bridgehead atoms. The Morgan fingerprint density at radius 1 is 1.13 bits per heavy atom. The van der Waals surface area contributed by atoms with Gasteiger partial charge < -0.3 is 20.9 Å². The number of likely N-dealkylation sites (N-methyl/N-ethyl adjacent to an activating group) is 1. The molecule has 2 fully saturated rings. The van der Waals surface area contributed by atoms with Crippen molar-refractivity contribution in [1.29, 1.82) is 0 Å². The highest BCUT2D eigenvalue weighted by atomic mass is 19.1. The number of nitrogens with zero attached hydrogens (tertiary/aromatic N) is 3. The molecule has 2 aliphatic heterocycles. The minimum atomic E-state index is -0.372. The van der Waals surface area contributed by atoms with Gasteiger partial charge in [-0.1, -0.05) is 6.07 Å². The van der Waals surface area contributed by atoms with Gasteiger partial charge in [0.05, 0.1) is 5.92 Å². The van der Waals surface area contributed by atoms with Crippen LogP contribution < -0.4 is 11.1 Å². The summed E-state index contributed by atoms with van der Waals surface area (Å²) < 4.78 is 13.8. The summed E-state index contributed by atoms with van der Waals surface area (Å²) in [4.78, 5) is 32.1. The smallest absolute Gasteiger partial charge is 0.320 e. The van der Waals surface area contributed by atoms with Crippen LogP contribution in [0.2, 0.25) is 0 Å². The number of benzene rings is 1. The molecule has 1 aromatic carbocycles. The van der Waals surface area contributed by atoms with Crippen LogP contribution in [0.5, 0.6) is 0 Å². The highest BCUT2D eigenvalue weighted by Gasteiger charge is 2.37. The van der Waals surface area contributed by atoms with Gasteiger partial charge in [0.15, 0.2) is 0 Å². The van der Waals surface area contributed by atoms with Gasteiger partial charge in [-0.3, -0.25) is 9.69 Å². The number of hydrogen-bond acceptors (Lipinski definition) is 4. The van der Waals surface area contributed by atoms with Crippen LogP contribution in [0.25, 0.3) is 0 Å². The van der Waals surface area contributed by atoms with E-state index in [0.717, 1.165) is 0 Å². The van der Waals surface area contributed by atoms with Crippen LogP contribution in [-0.2, 0) is 4.79 Å². The third-order valence-corrected chi connectivity index (χ3v) is 6.58. The van der Waals surface area contributed by atoms with Crippen LogP contribution in [0.1, 0.15) is 25.8 Å². The number of nitrogens with two attached hydrogens (primary N) is 1. The number of amides is 3. The van der Waals surface area contributed by atoms with Gasteiger partial charge in [0.2, 0.25) is 5.91 Å². The molecule has 3 N–H and O–H groups in total. The molecular weight excluding hydrogens is 385 g/mol. The average Bonchev–Trinajstić information content (AvgIpc) is 2.73. The van der Waals surface area contributed by atoms with Gasteiger partial charge in [-0.25, -0.2) is 9.18 Å². The number of carbonyl (C=O) groups excluding carboxylic acids is 2. The molecule has 4 atom stereocenters. The summed E-state index contributed by atoms with van der Waals surface area (Å²) >= 11 is 0. The van der Waals surface area contributed by atoms with Crippen molar-refractivity contribution < 1.29 is 14.0 Å². The van der Waals surface area contributed by atoms with Crippen molar-refractivity contribution in [2.45, 2.75) is 39.3 Å². The number of urea groups is 1. The fourth-order valence-corrected chi connectivity index (χ4v) is 4.40. The molecule has 2 heterocycles. The molecule has 8 heteroatoms. The number of nitrogens with one attached hydrogen (secondary N) is 1. The summed E-state index contributed by atoms with van der Waals surface area (Å²) in [5.41, 5.74) is 6.88. The minimum Gasteiger partial charge on any atom is -0.330 e. The van der Waals surface area contributed by atoms with Crippen molar-refractivity contribution >= 4 is 17.6 Å². The zero-order valence-electron chi connectivity index (χ0n) is 18.4. The maximum atomic E-state index is 13.8. The predicted octanol–water partition coefficient (Wildman–Crippen LogP) is 2.11. The Bertz CT molecular complexity index is 777. The average molecular weight is 420 g/mol. The quantitative estimate of drug-likeness (QED) is 0.786. The number of aryl methyl sites for hydroxylation is 1. The predicted molar refractivity (Wildman–Crippen MR) is 116 cm³/mol. The largest absolute Gasteiger partial charge is 0.330 e. The molecule has 30 heavy (non-hydrogen) atoms. The van der Waals surface area contributed by atoms with E-state index in [9.17, 15) is 14.0 Å². The Hall–Kier alpha value is -2.19. The normalized spacial score (nSPS) is 27.8. The van der Waals surface area contributed by atoms with Gasteiger partial charge in [0.1, 0.15) is 5.82 Å². The summed E-state index contributed by atoms with van der Waals surface area (Å²) in [5, 5.41) is 2.81. The zero-order chi connectivity index (χ0) is 22.0. The molecule has 0 unspecified atom stereocenters.